The molecule has 0 atom stereocenters. The van der Waals surface area contributed by atoms with Gasteiger partial charge in [0.05, 0.1) is 0 Å². The quantitative estimate of drug-likeness (QED) is 0.844. The van der Waals surface area contributed by atoms with Crippen LogP contribution in [0.15, 0.2) is 42.5 Å². The summed E-state index contributed by atoms with van der Waals surface area (Å²) in [6.07, 6.45) is 6.99. The van der Waals surface area contributed by atoms with Crippen LogP contribution in [-0.4, -0.2) is 35.4 Å². The van der Waals surface area contributed by atoms with E-state index in [0.29, 0.717) is 11.7 Å². The first-order chi connectivity index (χ1) is 12.2. The summed E-state index contributed by atoms with van der Waals surface area (Å²) in [5.74, 6) is 0.911. The predicted octanol–water partition coefficient (Wildman–Crippen LogP) is 4.18. The molecule has 1 aromatic carbocycles. The van der Waals surface area contributed by atoms with Gasteiger partial charge >= 0.3 is 0 Å². The zero-order chi connectivity index (χ0) is 17.2. The van der Waals surface area contributed by atoms with Gasteiger partial charge in [0.2, 0.25) is 0 Å². The number of hydrogen-bond acceptors (Lipinski definition) is 3. The number of carbonyl (C=O) groups is 1. The Labute approximate surface area is 149 Å². The molecule has 130 valence electrons. The highest BCUT2D eigenvalue weighted by molar-refractivity contribution is 5.93. The largest absolute Gasteiger partial charge is 0.337 e. The molecule has 4 nitrogen and oxygen atoms in total. The minimum Gasteiger partial charge on any atom is -0.337 e. The van der Waals surface area contributed by atoms with E-state index in [-0.39, 0.29) is 5.91 Å². The van der Waals surface area contributed by atoms with Crippen molar-refractivity contribution in [3.8, 4) is 0 Å². The zero-order valence-corrected chi connectivity index (χ0v) is 14.8. The monoisotopic (exact) mass is 335 g/mol. The molecule has 2 heterocycles. The third-order valence-electron chi connectivity index (χ3n) is 5.56. The van der Waals surface area contributed by atoms with Crippen molar-refractivity contribution in [2.75, 3.05) is 18.5 Å². The Kier molecular flexibility index (Phi) is 4.43. The molecule has 0 unspecified atom stereocenters. The average Bonchev–Trinajstić information content (AvgIpc) is 3.12. The van der Waals surface area contributed by atoms with Gasteiger partial charge in [-0.25, -0.2) is 4.98 Å². The predicted molar refractivity (Wildman–Crippen MR) is 100 cm³/mol. The smallest absolute Gasteiger partial charge is 0.272 e. The Morgan fingerprint density at radius 2 is 1.88 bits per heavy atom. The number of nitrogens with zero attached hydrogens (tertiary/aromatic N) is 3. The van der Waals surface area contributed by atoms with Crippen LogP contribution >= 0.6 is 0 Å². The highest BCUT2D eigenvalue weighted by Gasteiger charge is 2.25. The summed E-state index contributed by atoms with van der Waals surface area (Å²) < 4.78 is 0. The maximum Gasteiger partial charge on any atom is 0.272 e. The van der Waals surface area contributed by atoms with Crippen molar-refractivity contribution in [1.29, 1.82) is 0 Å². The first-order valence-electron chi connectivity index (χ1n) is 9.34. The number of anilines is 2. The standard InChI is InChI=1S/C21H25N3O/c1-23(17-9-3-2-4-10-17)21(25)18-11-7-13-20(22-18)24-15-14-16-8-5-6-12-19(16)24/h5-8,11-13,17H,2-4,9-10,14-15H2,1H3. The fourth-order valence-corrected chi connectivity index (χ4v) is 4.08. The topological polar surface area (TPSA) is 36.4 Å². The first kappa shape index (κ1) is 16.1. The van der Waals surface area contributed by atoms with E-state index in [1.165, 1.54) is 30.5 Å². The van der Waals surface area contributed by atoms with Gasteiger partial charge in [-0.3, -0.25) is 4.79 Å². The van der Waals surface area contributed by atoms with Crippen molar-refractivity contribution in [3.05, 3.63) is 53.7 Å². The highest BCUT2D eigenvalue weighted by atomic mass is 16.2. The van der Waals surface area contributed by atoms with Crippen LogP contribution in [0.4, 0.5) is 11.5 Å². The zero-order valence-electron chi connectivity index (χ0n) is 14.8. The van der Waals surface area contributed by atoms with E-state index >= 15 is 0 Å². The fourth-order valence-electron chi connectivity index (χ4n) is 4.08. The van der Waals surface area contributed by atoms with Crippen molar-refractivity contribution < 1.29 is 4.79 Å². The van der Waals surface area contributed by atoms with Gasteiger partial charge in [0.15, 0.2) is 0 Å². The molecule has 1 saturated carbocycles. The minimum absolute atomic E-state index is 0.0428. The molecule has 0 N–H and O–H groups in total. The summed E-state index contributed by atoms with van der Waals surface area (Å²) in [6.45, 7) is 0.919. The second-order valence-corrected chi connectivity index (χ2v) is 7.12. The molecule has 4 heteroatoms. The summed E-state index contributed by atoms with van der Waals surface area (Å²) in [5.41, 5.74) is 3.11. The van der Waals surface area contributed by atoms with Crippen molar-refractivity contribution in [2.45, 2.75) is 44.6 Å². The van der Waals surface area contributed by atoms with Gasteiger partial charge in [-0.2, -0.15) is 0 Å². The SMILES string of the molecule is CN(C(=O)c1cccc(N2CCc3ccccc32)n1)C1CCCCC1. The maximum absolute atomic E-state index is 12.9. The summed E-state index contributed by atoms with van der Waals surface area (Å²) >= 11 is 0. The Balaban J connectivity index is 1.56. The lowest BCUT2D eigenvalue weighted by molar-refractivity contribution is 0.0690. The molecular weight excluding hydrogens is 310 g/mol. The number of amides is 1. The van der Waals surface area contributed by atoms with E-state index in [4.69, 9.17) is 4.98 Å². The van der Waals surface area contributed by atoms with Crippen LogP contribution in [0.3, 0.4) is 0 Å². The molecule has 2 aromatic rings. The molecule has 1 aliphatic carbocycles. The Bertz CT molecular complexity index is 767. The molecule has 25 heavy (non-hydrogen) atoms. The summed E-state index contributed by atoms with van der Waals surface area (Å²) in [6, 6.07) is 14.6. The van der Waals surface area contributed by atoms with Gasteiger partial charge < -0.3 is 9.80 Å². The number of para-hydroxylation sites is 1. The number of fused-ring (bicyclic) bond motifs is 1. The molecule has 1 amide bonds. The van der Waals surface area contributed by atoms with E-state index in [1.54, 1.807) is 0 Å². The van der Waals surface area contributed by atoms with Gasteiger partial charge in [0, 0.05) is 25.3 Å². The van der Waals surface area contributed by atoms with Crippen LogP contribution in [0.25, 0.3) is 0 Å². The Morgan fingerprint density at radius 3 is 2.72 bits per heavy atom. The van der Waals surface area contributed by atoms with Crippen LogP contribution in [-0.2, 0) is 6.42 Å². The van der Waals surface area contributed by atoms with Crippen LogP contribution in [0.1, 0.15) is 48.2 Å². The number of rotatable bonds is 3. The van der Waals surface area contributed by atoms with E-state index < -0.39 is 0 Å². The van der Waals surface area contributed by atoms with Crippen LogP contribution in [0, 0.1) is 0 Å². The van der Waals surface area contributed by atoms with Crippen molar-refractivity contribution >= 4 is 17.4 Å². The second kappa shape index (κ2) is 6.87. The van der Waals surface area contributed by atoms with E-state index in [1.807, 2.05) is 30.1 Å². The normalized spacial score (nSPS) is 17.4. The van der Waals surface area contributed by atoms with Gasteiger partial charge in [0.25, 0.3) is 5.91 Å². The fraction of sp³-hybridized carbons (Fsp3) is 0.429. The minimum atomic E-state index is 0.0428. The molecule has 1 aromatic heterocycles. The van der Waals surface area contributed by atoms with E-state index in [9.17, 15) is 4.79 Å². The number of hydrogen-bond donors (Lipinski definition) is 0. The van der Waals surface area contributed by atoms with Gasteiger partial charge in [0.1, 0.15) is 11.5 Å². The molecule has 0 bridgehead atoms. The van der Waals surface area contributed by atoms with Gasteiger partial charge in [-0.05, 0) is 43.0 Å². The first-order valence-corrected chi connectivity index (χ1v) is 9.34. The molecule has 2 aliphatic rings. The lowest BCUT2D eigenvalue weighted by Crippen LogP contribution is -2.38. The van der Waals surface area contributed by atoms with E-state index in [0.717, 1.165) is 31.6 Å². The summed E-state index contributed by atoms with van der Waals surface area (Å²) in [4.78, 5) is 21.7. The summed E-state index contributed by atoms with van der Waals surface area (Å²) in [5, 5.41) is 0. The highest BCUT2D eigenvalue weighted by Crippen LogP contribution is 2.33. The van der Waals surface area contributed by atoms with E-state index in [2.05, 4.69) is 29.2 Å². The molecule has 0 spiro atoms. The van der Waals surface area contributed by atoms with Crippen LogP contribution < -0.4 is 4.90 Å². The summed E-state index contributed by atoms with van der Waals surface area (Å²) in [7, 11) is 1.93. The number of aromatic nitrogens is 1. The second-order valence-electron chi connectivity index (χ2n) is 7.12. The van der Waals surface area contributed by atoms with Crippen molar-refractivity contribution in [3.63, 3.8) is 0 Å². The number of benzene rings is 1. The number of pyridine rings is 1. The third-order valence-corrected chi connectivity index (χ3v) is 5.56. The third kappa shape index (κ3) is 3.13. The van der Waals surface area contributed by atoms with Crippen molar-refractivity contribution in [1.82, 2.24) is 9.88 Å². The number of carbonyl (C=O) groups excluding carboxylic acids is 1. The molecule has 1 fully saturated rings. The van der Waals surface area contributed by atoms with Gasteiger partial charge in [-0.15, -0.1) is 0 Å². The molecule has 4 rings (SSSR count). The lowest BCUT2D eigenvalue weighted by atomic mass is 9.94. The molecule has 0 radical (unpaired) electrons. The Morgan fingerprint density at radius 1 is 1.08 bits per heavy atom. The Hall–Kier alpha value is -2.36. The van der Waals surface area contributed by atoms with Crippen LogP contribution in [0.5, 0.6) is 0 Å². The molecule has 0 saturated heterocycles. The molecule has 1 aliphatic heterocycles. The lowest BCUT2D eigenvalue weighted by Gasteiger charge is -2.31. The maximum atomic E-state index is 12.9. The van der Waals surface area contributed by atoms with Gasteiger partial charge in [-0.1, -0.05) is 43.5 Å². The van der Waals surface area contributed by atoms with Crippen LogP contribution in [0.2, 0.25) is 0 Å². The van der Waals surface area contributed by atoms with Crippen molar-refractivity contribution in [2.24, 2.45) is 0 Å². The average molecular weight is 335 g/mol. The molecular formula is C21H25N3O.